The standard InChI is InChI=1S/C20H23NO2S/c22-24(23,18-7-2-1-3-8-18)15-14-21-13-12-20(16-21)11-10-17-6-4-5-9-19(17)20/h1-9H,10-16H2. The van der Waals surface area contributed by atoms with Gasteiger partial charge in [-0.1, -0.05) is 42.5 Å². The first-order chi connectivity index (χ1) is 11.6. The van der Waals surface area contributed by atoms with Gasteiger partial charge < -0.3 is 4.90 Å². The van der Waals surface area contributed by atoms with E-state index in [-0.39, 0.29) is 11.2 Å². The van der Waals surface area contributed by atoms with Crippen molar-refractivity contribution in [2.75, 3.05) is 25.4 Å². The van der Waals surface area contributed by atoms with Crippen LogP contribution >= 0.6 is 0 Å². The van der Waals surface area contributed by atoms with E-state index >= 15 is 0 Å². The molecule has 1 aliphatic heterocycles. The predicted octanol–water partition coefficient (Wildman–Crippen LogP) is 3.05. The van der Waals surface area contributed by atoms with Crippen LogP contribution in [0.5, 0.6) is 0 Å². The minimum absolute atomic E-state index is 0.203. The minimum Gasteiger partial charge on any atom is -0.301 e. The van der Waals surface area contributed by atoms with Crippen LogP contribution in [0.3, 0.4) is 0 Å². The fourth-order valence-electron chi connectivity index (χ4n) is 4.33. The topological polar surface area (TPSA) is 37.4 Å². The Morgan fingerprint density at radius 3 is 2.54 bits per heavy atom. The van der Waals surface area contributed by atoms with Crippen molar-refractivity contribution in [1.82, 2.24) is 4.90 Å². The molecule has 1 spiro atoms. The number of fused-ring (bicyclic) bond motifs is 2. The Morgan fingerprint density at radius 1 is 0.958 bits per heavy atom. The molecular weight excluding hydrogens is 318 g/mol. The molecule has 0 bridgehead atoms. The third-order valence-corrected chi connectivity index (χ3v) is 7.38. The fourth-order valence-corrected chi connectivity index (χ4v) is 5.64. The number of hydrogen-bond acceptors (Lipinski definition) is 3. The molecule has 2 aromatic carbocycles. The lowest BCUT2D eigenvalue weighted by molar-refractivity contribution is 0.324. The van der Waals surface area contributed by atoms with Gasteiger partial charge in [0.2, 0.25) is 0 Å². The molecule has 0 radical (unpaired) electrons. The molecule has 2 aliphatic rings. The van der Waals surface area contributed by atoms with E-state index in [0.717, 1.165) is 25.9 Å². The highest BCUT2D eigenvalue weighted by Gasteiger charge is 2.43. The van der Waals surface area contributed by atoms with Crippen molar-refractivity contribution in [3.8, 4) is 0 Å². The van der Waals surface area contributed by atoms with Gasteiger partial charge >= 0.3 is 0 Å². The molecule has 24 heavy (non-hydrogen) atoms. The van der Waals surface area contributed by atoms with Crippen LogP contribution < -0.4 is 0 Å². The highest BCUT2D eigenvalue weighted by molar-refractivity contribution is 7.91. The van der Waals surface area contributed by atoms with Crippen molar-refractivity contribution in [2.24, 2.45) is 0 Å². The van der Waals surface area contributed by atoms with E-state index in [1.165, 1.54) is 17.5 Å². The maximum atomic E-state index is 12.5. The van der Waals surface area contributed by atoms with Gasteiger partial charge in [0, 0.05) is 18.5 Å². The second-order valence-corrected chi connectivity index (χ2v) is 9.20. The van der Waals surface area contributed by atoms with Gasteiger partial charge in [-0.25, -0.2) is 8.42 Å². The van der Waals surface area contributed by atoms with Crippen LogP contribution in [0.2, 0.25) is 0 Å². The van der Waals surface area contributed by atoms with Crippen LogP contribution in [0.15, 0.2) is 59.5 Å². The second kappa shape index (κ2) is 6.01. The highest BCUT2D eigenvalue weighted by Crippen LogP contribution is 2.45. The van der Waals surface area contributed by atoms with Crippen LogP contribution in [0.4, 0.5) is 0 Å². The summed E-state index contributed by atoms with van der Waals surface area (Å²) in [6.07, 6.45) is 3.51. The molecule has 1 heterocycles. The molecular formula is C20H23NO2S. The van der Waals surface area contributed by atoms with Crippen molar-refractivity contribution in [2.45, 2.75) is 29.6 Å². The normalized spacial score (nSPS) is 23.7. The Kier molecular flexibility index (Phi) is 3.97. The van der Waals surface area contributed by atoms with E-state index in [4.69, 9.17) is 0 Å². The molecule has 2 aromatic rings. The molecule has 0 aromatic heterocycles. The fraction of sp³-hybridized carbons (Fsp3) is 0.400. The molecule has 4 rings (SSSR count). The predicted molar refractivity (Wildman–Crippen MR) is 96.0 cm³/mol. The van der Waals surface area contributed by atoms with E-state index in [1.807, 2.05) is 6.07 Å². The monoisotopic (exact) mass is 341 g/mol. The highest BCUT2D eigenvalue weighted by atomic mass is 32.2. The molecule has 1 aliphatic carbocycles. The number of benzene rings is 2. The Balaban J connectivity index is 1.44. The lowest BCUT2D eigenvalue weighted by atomic mass is 9.81. The van der Waals surface area contributed by atoms with E-state index < -0.39 is 9.84 Å². The maximum absolute atomic E-state index is 12.5. The van der Waals surface area contributed by atoms with Gasteiger partial charge in [0.05, 0.1) is 10.6 Å². The minimum atomic E-state index is -3.19. The number of aryl methyl sites for hydroxylation is 1. The van der Waals surface area contributed by atoms with Crippen LogP contribution in [-0.2, 0) is 21.7 Å². The summed E-state index contributed by atoms with van der Waals surface area (Å²) in [6.45, 7) is 2.62. The van der Waals surface area contributed by atoms with Crippen molar-refractivity contribution in [3.63, 3.8) is 0 Å². The number of sulfone groups is 1. The summed E-state index contributed by atoms with van der Waals surface area (Å²) in [6, 6.07) is 17.6. The summed E-state index contributed by atoms with van der Waals surface area (Å²) >= 11 is 0. The van der Waals surface area contributed by atoms with Crippen molar-refractivity contribution >= 4 is 9.84 Å². The number of nitrogens with zero attached hydrogens (tertiary/aromatic N) is 1. The average molecular weight is 341 g/mol. The van der Waals surface area contributed by atoms with Gasteiger partial charge in [-0.05, 0) is 49.1 Å². The van der Waals surface area contributed by atoms with Gasteiger partial charge in [0.25, 0.3) is 0 Å². The van der Waals surface area contributed by atoms with Crippen molar-refractivity contribution < 1.29 is 8.42 Å². The molecule has 4 heteroatoms. The maximum Gasteiger partial charge on any atom is 0.179 e. The van der Waals surface area contributed by atoms with E-state index in [1.54, 1.807) is 24.3 Å². The average Bonchev–Trinajstić information content (AvgIpc) is 3.20. The SMILES string of the molecule is O=S(=O)(CCN1CCC2(CCc3ccccc32)C1)c1ccccc1. The van der Waals surface area contributed by atoms with Crippen LogP contribution in [0.25, 0.3) is 0 Å². The molecule has 1 atom stereocenters. The van der Waals surface area contributed by atoms with Crippen LogP contribution in [0, 0.1) is 0 Å². The lowest BCUT2D eigenvalue weighted by Gasteiger charge is -2.25. The summed E-state index contributed by atoms with van der Waals surface area (Å²) in [5.41, 5.74) is 3.24. The zero-order chi connectivity index (χ0) is 16.6. The summed E-state index contributed by atoms with van der Waals surface area (Å²) < 4.78 is 24.9. The number of rotatable bonds is 4. The molecule has 3 nitrogen and oxygen atoms in total. The Morgan fingerprint density at radius 2 is 1.71 bits per heavy atom. The lowest BCUT2D eigenvalue weighted by Crippen LogP contribution is -2.32. The number of likely N-dealkylation sites (tertiary alicyclic amines) is 1. The molecule has 1 unspecified atom stereocenters. The molecule has 0 saturated carbocycles. The van der Waals surface area contributed by atoms with E-state index in [0.29, 0.717) is 11.4 Å². The molecule has 0 amide bonds. The smallest absolute Gasteiger partial charge is 0.179 e. The van der Waals surface area contributed by atoms with Crippen molar-refractivity contribution in [3.05, 3.63) is 65.7 Å². The summed E-state index contributed by atoms with van der Waals surface area (Å²) in [4.78, 5) is 2.77. The summed E-state index contributed by atoms with van der Waals surface area (Å²) in [5, 5.41) is 0. The Labute approximate surface area is 144 Å². The zero-order valence-electron chi connectivity index (χ0n) is 13.8. The third kappa shape index (κ3) is 2.78. The van der Waals surface area contributed by atoms with Crippen LogP contribution in [-0.4, -0.2) is 38.7 Å². The van der Waals surface area contributed by atoms with Gasteiger partial charge in [-0.3, -0.25) is 0 Å². The second-order valence-electron chi connectivity index (χ2n) is 7.10. The van der Waals surface area contributed by atoms with E-state index in [9.17, 15) is 8.42 Å². The van der Waals surface area contributed by atoms with Gasteiger partial charge in [0.15, 0.2) is 9.84 Å². The first kappa shape index (κ1) is 15.9. The number of hydrogen-bond donors (Lipinski definition) is 0. The Hall–Kier alpha value is -1.65. The van der Waals surface area contributed by atoms with Gasteiger partial charge in [0.1, 0.15) is 0 Å². The molecule has 1 fully saturated rings. The molecule has 0 N–H and O–H groups in total. The molecule has 1 saturated heterocycles. The van der Waals surface area contributed by atoms with Crippen molar-refractivity contribution in [1.29, 1.82) is 0 Å². The Bertz CT molecular complexity index is 832. The van der Waals surface area contributed by atoms with Gasteiger partial charge in [-0.15, -0.1) is 0 Å². The zero-order valence-corrected chi connectivity index (χ0v) is 14.6. The summed E-state index contributed by atoms with van der Waals surface area (Å²) in [5.74, 6) is 0.203. The van der Waals surface area contributed by atoms with Crippen LogP contribution in [0.1, 0.15) is 24.0 Å². The van der Waals surface area contributed by atoms with E-state index in [2.05, 4.69) is 29.2 Å². The first-order valence-electron chi connectivity index (χ1n) is 8.68. The largest absolute Gasteiger partial charge is 0.301 e. The van der Waals surface area contributed by atoms with Gasteiger partial charge in [-0.2, -0.15) is 0 Å². The summed E-state index contributed by atoms with van der Waals surface area (Å²) in [7, 11) is -3.19. The quantitative estimate of drug-likeness (QED) is 0.858. The molecule has 126 valence electrons. The first-order valence-corrected chi connectivity index (χ1v) is 10.3. The third-order valence-electron chi connectivity index (χ3n) is 5.67.